The molecule has 0 fully saturated rings. The number of aromatic nitrogens is 1. The fraction of sp³-hybridized carbons (Fsp3) is 0.0217. The number of pyridine rings is 1. The van der Waals surface area contributed by atoms with E-state index in [1.54, 1.807) is 0 Å². The average molecular weight is 598 g/mol. The lowest BCUT2D eigenvalue weighted by Gasteiger charge is -2.34. The fourth-order valence-corrected chi connectivity index (χ4v) is 7.68. The van der Waals surface area contributed by atoms with Crippen LogP contribution in [-0.2, 0) is 5.41 Å². The second-order valence-electron chi connectivity index (χ2n) is 12.3. The molecule has 47 heavy (non-hydrogen) atoms. The van der Waals surface area contributed by atoms with Crippen LogP contribution in [0.3, 0.4) is 0 Å². The molecule has 1 aliphatic carbocycles. The summed E-state index contributed by atoms with van der Waals surface area (Å²) < 4.78 is 0. The van der Waals surface area contributed by atoms with Crippen LogP contribution in [0.2, 0.25) is 0 Å². The van der Waals surface area contributed by atoms with Crippen LogP contribution < -0.4 is 0 Å². The zero-order valence-corrected chi connectivity index (χ0v) is 25.8. The molecule has 0 bridgehead atoms. The third-order valence-electron chi connectivity index (χ3n) is 9.81. The second-order valence-corrected chi connectivity index (χ2v) is 12.3. The van der Waals surface area contributed by atoms with E-state index in [4.69, 9.17) is 0 Å². The molecule has 0 saturated carbocycles. The Bertz CT molecular complexity index is 2330. The van der Waals surface area contributed by atoms with Gasteiger partial charge in [-0.2, -0.15) is 0 Å². The molecule has 0 unspecified atom stereocenters. The van der Waals surface area contributed by atoms with Crippen molar-refractivity contribution < 1.29 is 0 Å². The molecule has 9 rings (SSSR count). The summed E-state index contributed by atoms with van der Waals surface area (Å²) in [6, 6.07) is 66.4. The van der Waals surface area contributed by atoms with Crippen molar-refractivity contribution in [3.8, 4) is 44.6 Å². The summed E-state index contributed by atoms with van der Waals surface area (Å²) in [6.07, 6.45) is 1.85. The van der Waals surface area contributed by atoms with Crippen LogP contribution in [0.5, 0.6) is 0 Å². The van der Waals surface area contributed by atoms with Gasteiger partial charge in [-0.3, -0.25) is 4.98 Å². The van der Waals surface area contributed by atoms with E-state index in [1.807, 2.05) is 18.3 Å². The van der Waals surface area contributed by atoms with E-state index >= 15 is 0 Å². The van der Waals surface area contributed by atoms with Gasteiger partial charge < -0.3 is 0 Å². The number of rotatable bonds is 5. The van der Waals surface area contributed by atoms with Crippen LogP contribution >= 0.6 is 0 Å². The molecule has 7 aromatic carbocycles. The first-order valence-electron chi connectivity index (χ1n) is 16.2. The number of hydrogen-bond donors (Lipinski definition) is 0. The molecular weight excluding hydrogens is 567 g/mol. The van der Waals surface area contributed by atoms with Crippen molar-refractivity contribution in [2.75, 3.05) is 0 Å². The lowest BCUT2D eigenvalue weighted by atomic mass is 9.67. The minimum absolute atomic E-state index is 0.457. The summed E-state index contributed by atoms with van der Waals surface area (Å²) in [5.41, 5.74) is 14.2. The molecule has 0 spiro atoms. The van der Waals surface area contributed by atoms with Crippen LogP contribution in [0.1, 0.15) is 22.3 Å². The molecule has 0 saturated heterocycles. The summed E-state index contributed by atoms with van der Waals surface area (Å²) in [6.45, 7) is 0. The number of hydrogen-bond acceptors (Lipinski definition) is 1. The molecule has 0 amide bonds. The predicted molar refractivity (Wildman–Crippen MR) is 195 cm³/mol. The van der Waals surface area contributed by atoms with E-state index in [1.165, 1.54) is 66.4 Å². The lowest BCUT2D eigenvalue weighted by Crippen LogP contribution is -2.28. The fourth-order valence-electron chi connectivity index (χ4n) is 7.68. The largest absolute Gasteiger partial charge is 0.256 e. The highest BCUT2D eigenvalue weighted by atomic mass is 14.7. The van der Waals surface area contributed by atoms with Gasteiger partial charge >= 0.3 is 0 Å². The average Bonchev–Trinajstić information content (AvgIpc) is 3.45. The molecule has 220 valence electrons. The van der Waals surface area contributed by atoms with E-state index in [0.717, 1.165) is 11.3 Å². The lowest BCUT2D eigenvalue weighted by molar-refractivity contribution is 0.769. The molecule has 0 radical (unpaired) electrons. The zero-order valence-electron chi connectivity index (χ0n) is 25.8. The first kappa shape index (κ1) is 27.3. The summed E-state index contributed by atoms with van der Waals surface area (Å²) in [5.74, 6) is 0. The highest BCUT2D eigenvalue weighted by molar-refractivity contribution is 5.97. The third-order valence-corrected chi connectivity index (χ3v) is 9.81. The van der Waals surface area contributed by atoms with Crippen LogP contribution in [0.4, 0.5) is 0 Å². The van der Waals surface area contributed by atoms with Gasteiger partial charge in [-0.05, 0) is 96.7 Å². The maximum Gasteiger partial charge on any atom is 0.0713 e. The molecule has 1 nitrogen and oxygen atoms in total. The Balaban J connectivity index is 1.36. The van der Waals surface area contributed by atoms with Gasteiger partial charge in [-0.25, -0.2) is 0 Å². The van der Waals surface area contributed by atoms with Gasteiger partial charge in [-0.15, -0.1) is 0 Å². The number of nitrogens with zero attached hydrogens (tertiary/aromatic N) is 1. The van der Waals surface area contributed by atoms with Crippen molar-refractivity contribution in [3.05, 3.63) is 210 Å². The highest BCUT2D eigenvalue weighted by Crippen LogP contribution is 2.58. The van der Waals surface area contributed by atoms with Crippen molar-refractivity contribution in [3.63, 3.8) is 0 Å². The highest BCUT2D eigenvalue weighted by Gasteiger charge is 2.46. The van der Waals surface area contributed by atoms with E-state index < -0.39 is 5.41 Å². The minimum Gasteiger partial charge on any atom is -0.256 e. The normalized spacial score (nSPS) is 12.9. The van der Waals surface area contributed by atoms with E-state index in [0.29, 0.717) is 0 Å². The van der Waals surface area contributed by atoms with E-state index in [9.17, 15) is 0 Å². The van der Waals surface area contributed by atoms with Gasteiger partial charge in [0.15, 0.2) is 0 Å². The molecule has 1 aliphatic rings. The first-order chi connectivity index (χ1) is 23.3. The van der Waals surface area contributed by atoms with Crippen LogP contribution in [0, 0.1) is 0 Å². The van der Waals surface area contributed by atoms with Crippen molar-refractivity contribution in [2.24, 2.45) is 0 Å². The Morgan fingerprint density at radius 2 is 0.936 bits per heavy atom. The van der Waals surface area contributed by atoms with Gasteiger partial charge in [0.2, 0.25) is 0 Å². The molecule has 1 heterocycles. The van der Waals surface area contributed by atoms with Gasteiger partial charge in [0.05, 0.1) is 11.1 Å². The van der Waals surface area contributed by atoms with Crippen molar-refractivity contribution in [2.45, 2.75) is 5.41 Å². The quantitative estimate of drug-likeness (QED) is 0.192. The van der Waals surface area contributed by atoms with Crippen LogP contribution in [-0.4, -0.2) is 4.98 Å². The molecular formula is C46H31N. The monoisotopic (exact) mass is 597 g/mol. The summed E-state index contributed by atoms with van der Waals surface area (Å²) >= 11 is 0. The smallest absolute Gasteiger partial charge is 0.0713 e. The van der Waals surface area contributed by atoms with Gasteiger partial charge in [0.1, 0.15) is 0 Å². The second kappa shape index (κ2) is 11.1. The number of fused-ring (bicyclic) bond motifs is 4. The van der Waals surface area contributed by atoms with Crippen LogP contribution in [0.25, 0.3) is 55.4 Å². The van der Waals surface area contributed by atoms with Crippen LogP contribution in [0.15, 0.2) is 188 Å². The first-order valence-corrected chi connectivity index (χ1v) is 16.2. The van der Waals surface area contributed by atoms with Crippen molar-refractivity contribution >= 4 is 10.8 Å². The third kappa shape index (κ3) is 4.35. The molecule has 1 aromatic heterocycles. The van der Waals surface area contributed by atoms with Crippen molar-refractivity contribution in [1.82, 2.24) is 4.98 Å². The Kier molecular flexibility index (Phi) is 6.43. The topological polar surface area (TPSA) is 12.9 Å². The van der Waals surface area contributed by atoms with E-state index in [-0.39, 0.29) is 0 Å². The summed E-state index contributed by atoms with van der Waals surface area (Å²) in [7, 11) is 0. The minimum atomic E-state index is -0.457. The van der Waals surface area contributed by atoms with Gasteiger partial charge in [0, 0.05) is 11.8 Å². The molecule has 0 atom stereocenters. The van der Waals surface area contributed by atoms with E-state index in [2.05, 4.69) is 175 Å². The molecule has 0 aliphatic heterocycles. The number of benzene rings is 7. The zero-order chi connectivity index (χ0) is 31.2. The van der Waals surface area contributed by atoms with Gasteiger partial charge in [0.25, 0.3) is 0 Å². The SMILES string of the molecule is c1ccc(C2(c3ccccc3)c3ccccc3-c3cc(-c4ccc(-c5ccccn5)cc4)c(-c4ccc5ccccc5c4)cc32)cc1. The Morgan fingerprint density at radius 3 is 1.66 bits per heavy atom. The van der Waals surface area contributed by atoms with Gasteiger partial charge in [-0.1, -0.05) is 152 Å². The molecule has 8 aromatic rings. The Morgan fingerprint density at radius 1 is 0.340 bits per heavy atom. The predicted octanol–water partition coefficient (Wildman–Crippen LogP) is 11.6. The maximum atomic E-state index is 4.59. The Labute approximate surface area is 275 Å². The maximum absolute atomic E-state index is 4.59. The summed E-state index contributed by atoms with van der Waals surface area (Å²) in [4.78, 5) is 4.59. The molecule has 1 heteroatoms. The summed E-state index contributed by atoms with van der Waals surface area (Å²) in [5, 5.41) is 2.48. The van der Waals surface area contributed by atoms with Crippen molar-refractivity contribution in [1.29, 1.82) is 0 Å². The Hall–Kier alpha value is -6.05. The molecule has 0 N–H and O–H groups in total. The standard InChI is InChI=1S/C46H31N/c1-3-15-37(16-4-1)46(38-17-5-2-6-18-38)43-20-10-9-19-39(43)42-30-40(33-23-25-34(26-24-33)45-21-11-12-28-47-45)41(31-44(42)46)36-27-22-32-13-7-8-14-35(32)29-36/h1-31H.